The van der Waals surface area contributed by atoms with Crippen LogP contribution in [0.3, 0.4) is 0 Å². The highest BCUT2D eigenvalue weighted by Gasteiger charge is 2.31. The van der Waals surface area contributed by atoms with E-state index in [1.807, 2.05) is 9.80 Å². The molecule has 1 aliphatic carbocycles. The quantitative estimate of drug-likeness (QED) is 0.806. The lowest BCUT2D eigenvalue weighted by Crippen LogP contribution is -2.51. The van der Waals surface area contributed by atoms with Crippen LogP contribution in [0.1, 0.15) is 36.5 Å². The third-order valence-electron chi connectivity index (χ3n) is 4.74. The molecule has 0 aromatic heterocycles. The Morgan fingerprint density at radius 3 is 2.32 bits per heavy atom. The number of carbonyl (C=O) groups is 2. The first kappa shape index (κ1) is 15.0. The smallest absolute Gasteiger partial charge is 0.225 e. The van der Waals surface area contributed by atoms with E-state index in [2.05, 4.69) is 0 Å². The van der Waals surface area contributed by atoms with Gasteiger partial charge in [0.05, 0.1) is 5.69 Å². The maximum absolute atomic E-state index is 14.2. The van der Waals surface area contributed by atoms with Gasteiger partial charge < -0.3 is 9.80 Å². The SMILES string of the molecule is CC(=O)c1ccc(N2CCN(C(=O)C3CCC3)CC2)c(F)c1. The van der Waals surface area contributed by atoms with Gasteiger partial charge in [-0.3, -0.25) is 9.59 Å². The van der Waals surface area contributed by atoms with Crippen molar-refractivity contribution in [2.45, 2.75) is 26.2 Å². The van der Waals surface area contributed by atoms with Gasteiger partial charge in [-0.25, -0.2) is 4.39 Å². The van der Waals surface area contributed by atoms with Crippen molar-refractivity contribution < 1.29 is 14.0 Å². The van der Waals surface area contributed by atoms with Gasteiger partial charge in [-0.1, -0.05) is 6.42 Å². The number of Topliss-reactive ketones (excluding diaryl/α,β-unsaturated/α-hetero) is 1. The monoisotopic (exact) mass is 304 g/mol. The molecule has 5 heteroatoms. The summed E-state index contributed by atoms with van der Waals surface area (Å²) in [7, 11) is 0. The summed E-state index contributed by atoms with van der Waals surface area (Å²) in [6.45, 7) is 3.98. The molecule has 1 aliphatic heterocycles. The van der Waals surface area contributed by atoms with Gasteiger partial charge in [0.15, 0.2) is 5.78 Å². The van der Waals surface area contributed by atoms with Crippen LogP contribution in [0.2, 0.25) is 0 Å². The Kier molecular flexibility index (Phi) is 4.14. The molecule has 1 aromatic carbocycles. The Morgan fingerprint density at radius 1 is 1.14 bits per heavy atom. The fourth-order valence-electron chi connectivity index (χ4n) is 3.06. The molecule has 0 radical (unpaired) electrons. The van der Waals surface area contributed by atoms with Crippen molar-refractivity contribution >= 4 is 17.4 Å². The first-order valence-electron chi connectivity index (χ1n) is 7.90. The van der Waals surface area contributed by atoms with Crippen LogP contribution in [0, 0.1) is 11.7 Å². The van der Waals surface area contributed by atoms with Gasteiger partial charge in [-0.2, -0.15) is 0 Å². The molecule has 118 valence electrons. The van der Waals surface area contributed by atoms with Crippen molar-refractivity contribution in [3.8, 4) is 0 Å². The van der Waals surface area contributed by atoms with Gasteiger partial charge in [-0.05, 0) is 38.0 Å². The molecule has 2 aliphatic rings. The van der Waals surface area contributed by atoms with Gasteiger partial charge in [0.1, 0.15) is 5.82 Å². The molecule has 2 fully saturated rings. The highest BCUT2D eigenvalue weighted by atomic mass is 19.1. The maximum atomic E-state index is 14.2. The summed E-state index contributed by atoms with van der Waals surface area (Å²) in [4.78, 5) is 27.3. The zero-order valence-corrected chi connectivity index (χ0v) is 12.8. The van der Waals surface area contributed by atoms with Crippen LogP contribution in [-0.2, 0) is 4.79 Å². The fraction of sp³-hybridized carbons (Fsp3) is 0.529. The lowest BCUT2D eigenvalue weighted by atomic mass is 9.84. The minimum atomic E-state index is -0.369. The van der Waals surface area contributed by atoms with E-state index in [1.54, 1.807) is 12.1 Å². The van der Waals surface area contributed by atoms with Gasteiger partial charge in [0.25, 0.3) is 0 Å². The van der Waals surface area contributed by atoms with Crippen LogP contribution in [0.25, 0.3) is 0 Å². The molecular weight excluding hydrogens is 283 g/mol. The highest BCUT2D eigenvalue weighted by molar-refractivity contribution is 5.94. The van der Waals surface area contributed by atoms with Crippen molar-refractivity contribution in [2.75, 3.05) is 31.1 Å². The zero-order chi connectivity index (χ0) is 15.7. The molecule has 1 heterocycles. The fourth-order valence-corrected chi connectivity index (χ4v) is 3.06. The third kappa shape index (κ3) is 2.85. The number of amides is 1. The lowest BCUT2D eigenvalue weighted by molar-refractivity contribution is -0.138. The molecule has 4 nitrogen and oxygen atoms in total. The molecule has 1 saturated carbocycles. The second kappa shape index (κ2) is 6.07. The molecule has 0 spiro atoms. The van der Waals surface area contributed by atoms with Gasteiger partial charge in [0, 0.05) is 37.7 Å². The molecule has 3 rings (SSSR count). The number of rotatable bonds is 3. The Bertz CT molecular complexity index is 590. The van der Waals surface area contributed by atoms with Crippen LogP contribution in [0.4, 0.5) is 10.1 Å². The second-order valence-corrected chi connectivity index (χ2v) is 6.16. The molecule has 1 aromatic rings. The van der Waals surface area contributed by atoms with Crippen LogP contribution < -0.4 is 4.90 Å². The van der Waals surface area contributed by atoms with E-state index in [-0.39, 0.29) is 23.4 Å². The van der Waals surface area contributed by atoms with Gasteiger partial charge >= 0.3 is 0 Å². The highest BCUT2D eigenvalue weighted by Crippen LogP contribution is 2.29. The molecule has 0 N–H and O–H groups in total. The summed E-state index contributed by atoms with van der Waals surface area (Å²) < 4.78 is 14.2. The molecule has 22 heavy (non-hydrogen) atoms. The standard InChI is InChI=1S/C17H21FN2O2/c1-12(21)14-5-6-16(15(18)11-14)19-7-9-20(10-8-19)17(22)13-3-2-4-13/h5-6,11,13H,2-4,7-10H2,1H3. The first-order chi connectivity index (χ1) is 10.6. The molecular formula is C17H21FN2O2. The summed E-state index contributed by atoms with van der Waals surface area (Å²) in [6.07, 6.45) is 3.18. The number of carbonyl (C=O) groups excluding carboxylic acids is 2. The van der Waals surface area contributed by atoms with Crippen molar-refractivity contribution in [1.29, 1.82) is 0 Å². The number of benzene rings is 1. The summed E-state index contributed by atoms with van der Waals surface area (Å²) in [6, 6.07) is 4.62. The third-order valence-corrected chi connectivity index (χ3v) is 4.74. The van der Waals surface area contributed by atoms with Crippen LogP contribution in [-0.4, -0.2) is 42.8 Å². The maximum Gasteiger partial charge on any atom is 0.225 e. The van der Waals surface area contributed by atoms with Crippen molar-refractivity contribution in [1.82, 2.24) is 4.90 Å². The summed E-state index contributed by atoms with van der Waals surface area (Å²) >= 11 is 0. The molecule has 0 atom stereocenters. The van der Waals surface area contributed by atoms with E-state index in [4.69, 9.17) is 0 Å². The minimum absolute atomic E-state index is 0.138. The number of hydrogen-bond donors (Lipinski definition) is 0. The Morgan fingerprint density at radius 2 is 1.82 bits per heavy atom. The van der Waals surface area contributed by atoms with Gasteiger partial charge in [0.2, 0.25) is 5.91 Å². The van der Waals surface area contributed by atoms with Crippen molar-refractivity contribution in [3.05, 3.63) is 29.6 Å². The van der Waals surface area contributed by atoms with Crippen LogP contribution >= 0.6 is 0 Å². The van der Waals surface area contributed by atoms with Crippen LogP contribution in [0.5, 0.6) is 0 Å². The molecule has 1 amide bonds. The van der Waals surface area contributed by atoms with Crippen molar-refractivity contribution in [3.63, 3.8) is 0 Å². The number of hydrogen-bond acceptors (Lipinski definition) is 3. The normalized spacial score (nSPS) is 19.0. The number of halogens is 1. The number of ketones is 1. The number of piperazine rings is 1. The largest absolute Gasteiger partial charge is 0.366 e. The molecule has 1 saturated heterocycles. The Balaban J connectivity index is 1.63. The van der Waals surface area contributed by atoms with Crippen molar-refractivity contribution in [2.24, 2.45) is 5.92 Å². The van der Waals surface area contributed by atoms with Crippen LogP contribution in [0.15, 0.2) is 18.2 Å². The van der Waals surface area contributed by atoms with Gasteiger partial charge in [-0.15, -0.1) is 0 Å². The summed E-state index contributed by atoms with van der Waals surface area (Å²) in [5.41, 5.74) is 0.904. The first-order valence-corrected chi connectivity index (χ1v) is 7.90. The lowest BCUT2D eigenvalue weighted by Gasteiger charge is -2.39. The minimum Gasteiger partial charge on any atom is -0.366 e. The van der Waals surface area contributed by atoms with E-state index < -0.39 is 0 Å². The number of anilines is 1. The van der Waals surface area contributed by atoms with E-state index in [1.165, 1.54) is 13.0 Å². The zero-order valence-electron chi connectivity index (χ0n) is 12.8. The Labute approximate surface area is 129 Å². The Hall–Kier alpha value is -1.91. The molecule has 0 unspecified atom stereocenters. The van der Waals surface area contributed by atoms with E-state index in [9.17, 15) is 14.0 Å². The summed E-state index contributed by atoms with van der Waals surface area (Å²) in [5.74, 6) is -0.0238. The summed E-state index contributed by atoms with van der Waals surface area (Å²) in [5, 5.41) is 0. The predicted octanol–water partition coefficient (Wildman–Crippen LogP) is 2.48. The average molecular weight is 304 g/mol. The average Bonchev–Trinajstić information content (AvgIpc) is 2.45. The van der Waals surface area contributed by atoms with E-state index in [0.717, 1.165) is 19.3 Å². The predicted molar refractivity (Wildman–Crippen MR) is 82.5 cm³/mol. The second-order valence-electron chi connectivity index (χ2n) is 6.16. The van der Waals surface area contributed by atoms with E-state index >= 15 is 0 Å². The topological polar surface area (TPSA) is 40.6 Å². The number of nitrogens with zero attached hydrogens (tertiary/aromatic N) is 2. The van der Waals surface area contributed by atoms with E-state index in [0.29, 0.717) is 37.4 Å². The molecule has 0 bridgehead atoms.